The highest BCUT2D eigenvalue weighted by molar-refractivity contribution is 5.92. The number of hydrogen-bond acceptors (Lipinski definition) is 6. The van der Waals surface area contributed by atoms with Crippen LogP contribution in [-0.4, -0.2) is 66.9 Å². The number of aliphatic hydroxyl groups is 1. The minimum atomic E-state index is -0.637. The number of nitrogens with zero attached hydrogens (tertiary/aromatic N) is 2. The van der Waals surface area contributed by atoms with Gasteiger partial charge in [-0.1, -0.05) is 60.7 Å². The van der Waals surface area contributed by atoms with Gasteiger partial charge in [-0.15, -0.1) is 24.8 Å². The molecule has 0 bridgehead atoms. The molecule has 1 aliphatic heterocycles. The largest absolute Gasteiger partial charge is 0.487 e. The van der Waals surface area contributed by atoms with Crippen molar-refractivity contribution in [2.45, 2.75) is 6.10 Å². The fourth-order valence-electron chi connectivity index (χ4n) is 4.51. The molecule has 0 spiro atoms. The molecule has 1 N–H and O–H groups in total. The fourth-order valence-corrected chi connectivity index (χ4v) is 4.51. The lowest BCUT2D eigenvalue weighted by atomic mass is 10.1. The molecule has 1 atom stereocenters. The van der Waals surface area contributed by atoms with E-state index in [9.17, 15) is 9.90 Å². The monoisotopic (exact) mass is 542 g/mol. The maximum Gasteiger partial charge on any atom is 0.200 e. The minimum absolute atomic E-state index is 0. The van der Waals surface area contributed by atoms with Gasteiger partial charge in [-0.25, -0.2) is 0 Å². The smallest absolute Gasteiger partial charge is 0.200 e. The summed E-state index contributed by atoms with van der Waals surface area (Å²) in [5.74, 6) is 0.472. The lowest BCUT2D eigenvalue weighted by molar-refractivity contribution is 0.0483. The second kappa shape index (κ2) is 13.6. The van der Waals surface area contributed by atoms with E-state index < -0.39 is 6.10 Å². The average Bonchev–Trinajstić information content (AvgIpc) is 2.89. The molecule has 3 aromatic carbocycles. The Morgan fingerprint density at radius 1 is 0.865 bits per heavy atom. The van der Waals surface area contributed by atoms with Gasteiger partial charge in [-0.05, 0) is 29.8 Å². The van der Waals surface area contributed by atoms with Gasteiger partial charge in [0.2, 0.25) is 5.43 Å². The van der Waals surface area contributed by atoms with Crippen LogP contribution in [0.2, 0.25) is 0 Å². The number of piperazine rings is 1. The molecule has 0 aliphatic carbocycles. The molecule has 8 heteroatoms. The van der Waals surface area contributed by atoms with Gasteiger partial charge in [0.05, 0.1) is 10.8 Å². The number of halogens is 2. The molecule has 1 unspecified atom stereocenters. The van der Waals surface area contributed by atoms with Crippen molar-refractivity contribution in [1.82, 2.24) is 9.80 Å². The SMILES string of the molecule is Cl.Cl.O=c1c2ccccc2oc2c(OCC(O)CN3CCN(C/C=C/c4ccccc4)CC3)cccc12. The van der Waals surface area contributed by atoms with Gasteiger partial charge >= 0.3 is 0 Å². The van der Waals surface area contributed by atoms with Crippen molar-refractivity contribution < 1.29 is 14.3 Å². The van der Waals surface area contributed by atoms with Crippen molar-refractivity contribution in [3.05, 3.63) is 94.7 Å². The maximum absolute atomic E-state index is 12.8. The highest BCUT2D eigenvalue weighted by Gasteiger charge is 2.19. The lowest BCUT2D eigenvalue weighted by Crippen LogP contribution is -2.49. The molecule has 4 aromatic rings. The second-order valence-corrected chi connectivity index (χ2v) is 8.94. The summed E-state index contributed by atoms with van der Waals surface area (Å²) < 4.78 is 11.9. The molecule has 0 amide bonds. The van der Waals surface area contributed by atoms with Crippen LogP contribution in [0.3, 0.4) is 0 Å². The van der Waals surface area contributed by atoms with Gasteiger partial charge in [0.25, 0.3) is 0 Å². The van der Waals surface area contributed by atoms with E-state index in [1.807, 2.05) is 30.3 Å². The molecule has 1 aromatic heterocycles. The van der Waals surface area contributed by atoms with Gasteiger partial charge in [0.15, 0.2) is 11.3 Å². The van der Waals surface area contributed by atoms with Crippen molar-refractivity contribution >= 4 is 52.8 Å². The van der Waals surface area contributed by atoms with E-state index in [-0.39, 0.29) is 36.8 Å². The highest BCUT2D eigenvalue weighted by atomic mass is 35.5. The summed E-state index contributed by atoms with van der Waals surface area (Å²) in [6.45, 7) is 5.36. The molecule has 37 heavy (non-hydrogen) atoms. The average molecular weight is 543 g/mol. The normalized spacial score (nSPS) is 15.4. The van der Waals surface area contributed by atoms with E-state index >= 15 is 0 Å². The summed E-state index contributed by atoms with van der Waals surface area (Å²) >= 11 is 0. The minimum Gasteiger partial charge on any atom is -0.487 e. The molecule has 1 saturated heterocycles. The first-order valence-corrected chi connectivity index (χ1v) is 12.1. The van der Waals surface area contributed by atoms with Gasteiger partial charge in [0.1, 0.15) is 18.3 Å². The Morgan fingerprint density at radius 3 is 2.32 bits per heavy atom. The molecule has 0 saturated carbocycles. The van der Waals surface area contributed by atoms with Gasteiger partial charge < -0.3 is 14.3 Å². The maximum atomic E-state index is 12.8. The quantitative estimate of drug-likeness (QED) is 0.321. The zero-order chi connectivity index (χ0) is 24.0. The number of rotatable bonds is 8. The first-order valence-electron chi connectivity index (χ1n) is 12.1. The first kappa shape index (κ1) is 28.7. The van der Waals surface area contributed by atoms with Crippen LogP contribution < -0.4 is 10.2 Å². The molecule has 2 heterocycles. The number of para-hydroxylation sites is 2. The van der Waals surface area contributed by atoms with E-state index in [4.69, 9.17) is 9.15 Å². The van der Waals surface area contributed by atoms with Crippen LogP contribution in [0.25, 0.3) is 28.0 Å². The van der Waals surface area contributed by atoms with Crippen LogP contribution >= 0.6 is 24.8 Å². The molecule has 0 radical (unpaired) electrons. The Bertz CT molecular complexity index is 1370. The molecule has 1 aliphatic rings. The van der Waals surface area contributed by atoms with Crippen molar-refractivity contribution in [1.29, 1.82) is 0 Å². The molecule has 196 valence electrons. The predicted octanol–water partition coefficient (Wildman–Crippen LogP) is 4.86. The number of hydrogen-bond donors (Lipinski definition) is 1. The van der Waals surface area contributed by atoms with Crippen molar-refractivity contribution in [2.24, 2.45) is 0 Å². The third-order valence-corrected chi connectivity index (χ3v) is 6.41. The number of aliphatic hydroxyl groups excluding tert-OH is 1. The Kier molecular flexibility index (Phi) is 10.6. The van der Waals surface area contributed by atoms with Gasteiger partial charge in [-0.2, -0.15) is 0 Å². The third-order valence-electron chi connectivity index (χ3n) is 6.41. The summed E-state index contributed by atoms with van der Waals surface area (Å²) in [6, 6.07) is 22.8. The topological polar surface area (TPSA) is 66.2 Å². The van der Waals surface area contributed by atoms with Gasteiger partial charge in [-0.3, -0.25) is 14.6 Å². The summed E-state index contributed by atoms with van der Waals surface area (Å²) in [6.07, 6.45) is 3.73. The highest BCUT2D eigenvalue weighted by Crippen LogP contribution is 2.27. The van der Waals surface area contributed by atoms with E-state index in [1.54, 1.807) is 30.3 Å². The van der Waals surface area contributed by atoms with E-state index in [1.165, 1.54) is 5.56 Å². The first-order chi connectivity index (χ1) is 17.2. The Balaban J connectivity index is 0.00000190. The van der Waals surface area contributed by atoms with E-state index in [0.29, 0.717) is 34.2 Å². The van der Waals surface area contributed by atoms with Crippen molar-refractivity contribution in [3.63, 3.8) is 0 Å². The number of fused-ring (bicyclic) bond motifs is 2. The zero-order valence-electron chi connectivity index (χ0n) is 20.5. The number of ether oxygens (including phenoxy) is 1. The number of β-amino-alcohol motifs (C(OH)–C–C–N with tert-alkyl or cyclic N) is 1. The van der Waals surface area contributed by atoms with Crippen LogP contribution in [0.4, 0.5) is 0 Å². The van der Waals surface area contributed by atoms with Crippen LogP contribution in [0.5, 0.6) is 5.75 Å². The molecule has 5 rings (SSSR count). The summed E-state index contributed by atoms with van der Waals surface area (Å²) in [4.78, 5) is 17.5. The second-order valence-electron chi connectivity index (χ2n) is 8.94. The van der Waals surface area contributed by atoms with Gasteiger partial charge in [0, 0.05) is 39.3 Å². The van der Waals surface area contributed by atoms with Crippen molar-refractivity contribution in [3.8, 4) is 5.75 Å². The molecular weight excluding hydrogens is 511 g/mol. The molecular formula is C29H32Cl2N2O4. The predicted molar refractivity (Wildman–Crippen MR) is 154 cm³/mol. The zero-order valence-corrected chi connectivity index (χ0v) is 22.1. The van der Waals surface area contributed by atoms with Crippen LogP contribution in [0.15, 0.2) is 88.1 Å². The Hall–Kier alpha value is -2.87. The summed E-state index contributed by atoms with van der Waals surface area (Å²) in [5.41, 5.74) is 2.08. The fraction of sp³-hybridized carbons (Fsp3) is 0.276. The lowest BCUT2D eigenvalue weighted by Gasteiger charge is -2.35. The van der Waals surface area contributed by atoms with Crippen LogP contribution in [0, 0.1) is 0 Å². The standard InChI is InChI=1S/C29H30N2O4.2ClH/c32-23(20-31-18-16-30(17-19-31)15-7-10-22-8-2-1-3-9-22)21-34-27-14-6-12-25-28(33)24-11-4-5-13-26(24)35-29(25)27;;/h1-14,23,32H,15-21H2;2*1H/b10-7+;;. The molecule has 1 fully saturated rings. The summed E-state index contributed by atoms with van der Waals surface area (Å²) in [7, 11) is 0. The van der Waals surface area contributed by atoms with E-state index in [2.05, 4.69) is 34.1 Å². The molecule has 6 nitrogen and oxygen atoms in total. The van der Waals surface area contributed by atoms with E-state index in [0.717, 1.165) is 32.7 Å². The Labute approximate surface area is 229 Å². The summed E-state index contributed by atoms with van der Waals surface area (Å²) in [5, 5.41) is 11.6. The van der Waals surface area contributed by atoms with Crippen LogP contribution in [-0.2, 0) is 0 Å². The van der Waals surface area contributed by atoms with Crippen LogP contribution in [0.1, 0.15) is 5.56 Å². The Morgan fingerprint density at radius 2 is 1.54 bits per heavy atom. The number of benzene rings is 3. The third kappa shape index (κ3) is 7.12. The van der Waals surface area contributed by atoms with Crippen molar-refractivity contribution in [2.75, 3.05) is 45.9 Å².